The molecule has 0 spiro atoms. The minimum Gasteiger partial charge on any atom is -0.497 e. The highest BCUT2D eigenvalue weighted by Crippen LogP contribution is 2.22. The van der Waals surface area contributed by atoms with Gasteiger partial charge in [-0.15, -0.1) is 10.2 Å². The number of ether oxygens (including phenoxy) is 2. The first-order valence-corrected chi connectivity index (χ1v) is 10.9. The van der Waals surface area contributed by atoms with Crippen LogP contribution in [0, 0.1) is 0 Å². The number of benzene rings is 3. The summed E-state index contributed by atoms with van der Waals surface area (Å²) in [6.45, 7) is 1.72. The third-order valence-corrected chi connectivity index (χ3v) is 5.06. The topological polar surface area (TPSA) is 116 Å². The van der Waals surface area contributed by atoms with E-state index >= 15 is 0 Å². The first-order chi connectivity index (χ1) is 17.0. The van der Waals surface area contributed by atoms with Crippen molar-refractivity contribution in [1.82, 2.24) is 15.5 Å². The maximum absolute atomic E-state index is 12.4. The van der Waals surface area contributed by atoms with Crippen molar-refractivity contribution in [2.45, 2.75) is 19.6 Å². The van der Waals surface area contributed by atoms with Gasteiger partial charge in [0.2, 0.25) is 11.8 Å². The van der Waals surface area contributed by atoms with Crippen LogP contribution >= 0.6 is 0 Å². The molecule has 1 atom stereocenters. The second-order valence-electron chi connectivity index (χ2n) is 7.59. The lowest BCUT2D eigenvalue weighted by Gasteiger charge is -2.14. The van der Waals surface area contributed by atoms with E-state index in [0.29, 0.717) is 28.8 Å². The van der Waals surface area contributed by atoms with E-state index in [0.717, 1.165) is 11.3 Å². The molecule has 178 valence electrons. The summed E-state index contributed by atoms with van der Waals surface area (Å²) < 4.78 is 16.5. The molecule has 35 heavy (non-hydrogen) atoms. The Morgan fingerprint density at radius 1 is 0.914 bits per heavy atom. The van der Waals surface area contributed by atoms with E-state index in [1.807, 2.05) is 30.3 Å². The monoisotopic (exact) mass is 472 g/mol. The van der Waals surface area contributed by atoms with Crippen LogP contribution in [0.2, 0.25) is 0 Å². The van der Waals surface area contributed by atoms with E-state index < -0.39 is 6.04 Å². The fraction of sp³-hybridized carbons (Fsp3) is 0.154. The fourth-order valence-corrected chi connectivity index (χ4v) is 3.13. The zero-order valence-electron chi connectivity index (χ0n) is 19.2. The molecule has 4 rings (SSSR count). The van der Waals surface area contributed by atoms with Gasteiger partial charge in [0.1, 0.15) is 17.5 Å². The van der Waals surface area contributed by atoms with E-state index in [4.69, 9.17) is 13.9 Å². The predicted molar refractivity (Wildman–Crippen MR) is 129 cm³/mol. The Morgan fingerprint density at radius 2 is 1.60 bits per heavy atom. The van der Waals surface area contributed by atoms with Gasteiger partial charge < -0.3 is 24.5 Å². The minimum absolute atomic E-state index is 0.0947. The highest BCUT2D eigenvalue weighted by Gasteiger charge is 2.17. The summed E-state index contributed by atoms with van der Waals surface area (Å²) in [5, 5.41) is 13.5. The van der Waals surface area contributed by atoms with Gasteiger partial charge in [-0.3, -0.25) is 9.59 Å². The lowest BCUT2D eigenvalue weighted by atomic mass is 10.2. The molecule has 1 heterocycles. The van der Waals surface area contributed by atoms with Crippen molar-refractivity contribution in [3.05, 3.63) is 90.3 Å². The van der Waals surface area contributed by atoms with Crippen molar-refractivity contribution in [2.24, 2.45) is 0 Å². The molecule has 1 unspecified atom stereocenters. The smallest absolute Gasteiger partial charge is 0.254 e. The average Bonchev–Trinajstić information content (AvgIpc) is 3.38. The first-order valence-electron chi connectivity index (χ1n) is 10.9. The van der Waals surface area contributed by atoms with Crippen molar-refractivity contribution in [3.8, 4) is 23.0 Å². The molecule has 0 aliphatic rings. The molecular formula is C26H24N4O5. The van der Waals surface area contributed by atoms with Gasteiger partial charge in [-0.2, -0.15) is 0 Å². The Kier molecular flexibility index (Phi) is 7.37. The molecule has 0 saturated carbocycles. The number of methoxy groups -OCH3 is 1. The second-order valence-corrected chi connectivity index (χ2v) is 7.59. The van der Waals surface area contributed by atoms with Gasteiger partial charge in [-0.25, -0.2) is 0 Å². The molecule has 3 aromatic carbocycles. The van der Waals surface area contributed by atoms with E-state index in [-0.39, 0.29) is 18.4 Å². The normalized spacial score (nSPS) is 11.4. The van der Waals surface area contributed by atoms with Crippen LogP contribution in [0.5, 0.6) is 11.5 Å². The van der Waals surface area contributed by atoms with Crippen LogP contribution in [0.15, 0.2) is 83.3 Å². The van der Waals surface area contributed by atoms with Gasteiger partial charge in [0, 0.05) is 16.8 Å². The van der Waals surface area contributed by atoms with E-state index in [2.05, 4.69) is 20.8 Å². The van der Waals surface area contributed by atoms with Gasteiger partial charge in [-0.1, -0.05) is 18.2 Å². The third-order valence-electron chi connectivity index (χ3n) is 5.06. The molecule has 2 N–H and O–H groups in total. The Labute approximate surface area is 202 Å². The molecule has 0 aliphatic carbocycles. The van der Waals surface area contributed by atoms with E-state index in [1.54, 1.807) is 62.6 Å². The van der Waals surface area contributed by atoms with Crippen molar-refractivity contribution in [2.75, 3.05) is 12.4 Å². The summed E-state index contributed by atoms with van der Waals surface area (Å²) >= 11 is 0. The number of hydrogen-bond donors (Lipinski definition) is 2. The molecule has 0 aliphatic heterocycles. The van der Waals surface area contributed by atoms with Crippen LogP contribution in [-0.2, 0) is 11.4 Å². The van der Waals surface area contributed by atoms with Gasteiger partial charge in [0.25, 0.3) is 11.8 Å². The molecule has 9 heteroatoms. The summed E-state index contributed by atoms with van der Waals surface area (Å²) in [6.07, 6.45) is 0. The zero-order chi connectivity index (χ0) is 24.6. The molecule has 4 aromatic rings. The molecule has 0 bridgehead atoms. The standard InChI is InChI=1S/C26H24N4O5/c1-17(27-25(32)18-6-4-3-5-7-18)24(31)28-20-10-14-22(15-11-20)34-16-23-29-30-26(35-23)19-8-12-21(33-2)13-9-19/h3-15,17H,16H2,1-2H3,(H,27,32)(H,28,31). The van der Waals surface area contributed by atoms with E-state index in [9.17, 15) is 9.59 Å². The summed E-state index contributed by atoms with van der Waals surface area (Å²) in [6, 6.07) is 22.1. The number of aromatic nitrogens is 2. The Bertz CT molecular complexity index is 1270. The molecule has 9 nitrogen and oxygen atoms in total. The minimum atomic E-state index is -0.712. The maximum Gasteiger partial charge on any atom is 0.254 e. The third kappa shape index (κ3) is 6.23. The van der Waals surface area contributed by atoms with Crippen molar-refractivity contribution < 1.29 is 23.5 Å². The van der Waals surface area contributed by atoms with Crippen LogP contribution in [0.1, 0.15) is 23.2 Å². The first kappa shape index (κ1) is 23.5. The highest BCUT2D eigenvalue weighted by molar-refractivity contribution is 6.00. The van der Waals surface area contributed by atoms with Crippen LogP contribution < -0.4 is 20.1 Å². The highest BCUT2D eigenvalue weighted by atomic mass is 16.5. The molecule has 0 saturated heterocycles. The molecule has 2 amide bonds. The Hall–Kier alpha value is -4.66. The lowest BCUT2D eigenvalue weighted by molar-refractivity contribution is -0.117. The molecule has 1 aromatic heterocycles. The van der Waals surface area contributed by atoms with Crippen molar-refractivity contribution in [1.29, 1.82) is 0 Å². The number of anilines is 1. The fourth-order valence-electron chi connectivity index (χ4n) is 3.13. The van der Waals surface area contributed by atoms with Crippen molar-refractivity contribution >= 4 is 17.5 Å². The number of nitrogens with one attached hydrogen (secondary N) is 2. The number of hydrogen-bond acceptors (Lipinski definition) is 7. The quantitative estimate of drug-likeness (QED) is 0.377. The molecular weight excluding hydrogens is 448 g/mol. The zero-order valence-corrected chi connectivity index (χ0v) is 19.2. The largest absolute Gasteiger partial charge is 0.497 e. The van der Waals surface area contributed by atoms with E-state index in [1.165, 1.54) is 0 Å². The maximum atomic E-state index is 12.4. The summed E-state index contributed by atoms with van der Waals surface area (Å²) in [5.74, 6) is 1.38. The average molecular weight is 473 g/mol. The van der Waals surface area contributed by atoms with Gasteiger partial charge in [0.05, 0.1) is 7.11 Å². The lowest BCUT2D eigenvalue weighted by Crippen LogP contribution is -2.41. The second kappa shape index (κ2) is 11.0. The van der Waals surface area contributed by atoms with Crippen LogP contribution in [-0.4, -0.2) is 35.2 Å². The SMILES string of the molecule is COc1ccc(-c2nnc(COc3ccc(NC(=O)C(C)NC(=O)c4ccccc4)cc3)o2)cc1. The number of nitrogens with zero attached hydrogens (tertiary/aromatic N) is 2. The Morgan fingerprint density at radius 3 is 2.29 bits per heavy atom. The summed E-state index contributed by atoms with van der Waals surface area (Å²) in [4.78, 5) is 24.7. The van der Waals surface area contributed by atoms with Crippen LogP contribution in [0.3, 0.4) is 0 Å². The van der Waals surface area contributed by atoms with Gasteiger partial charge in [-0.05, 0) is 67.6 Å². The number of carbonyl (C=O) groups is 2. The summed E-state index contributed by atoms with van der Waals surface area (Å²) in [5.41, 5.74) is 1.84. The van der Waals surface area contributed by atoms with Crippen LogP contribution in [0.25, 0.3) is 11.5 Å². The number of carbonyl (C=O) groups excluding carboxylic acids is 2. The molecule has 0 radical (unpaired) electrons. The van der Waals surface area contributed by atoms with Gasteiger partial charge in [0.15, 0.2) is 6.61 Å². The van der Waals surface area contributed by atoms with Gasteiger partial charge >= 0.3 is 0 Å². The van der Waals surface area contributed by atoms with Crippen LogP contribution in [0.4, 0.5) is 5.69 Å². The molecule has 0 fully saturated rings. The number of rotatable bonds is 9. The Balaban J connectivity index is 1.27. The van der Waals surface area contributed by atoms with Crippen molar-refractivity contribution in [3.63, 3.8) is 0 Å². The predicted octanol–water partition coefficient (Wildman–Crippen LogP) is 4.08. The number of amides is 2. The summed E-state index contributed by atoms with van der Waals surface area (Å²) in [7, 11) is 1.60.